The number of aryl methyl sites for hydroxylation is 1. The molecule has 0 aliphatic carbocycles. The number of nitro groups is 1. The molecule has 0 fully saturated rings. The number of thiophene rings is 1. The fourth-order valence-corrected chi connectivity index (χ4v) is 4.50. The number of anilines is 1. The molecule has 156 valence electrons. The first kappa shape index (κ1) is 20.8. The number of aromatic nitrogens is 3. The number of nitrogens with zero attached hydrogens (tertiary/aromatic N) is 3. The average molecular weight is 452 g/mol. The van der Waals surface area contributed by atoms with E-state index in [0.717, 1.165) is 16.0 Å². The third kappa shape index (κ3) is 4.81. The minimum absolute atomic E-state index is 0.149. The SMILES string of the molecule is Cc1ccc(NC(=O)C(Sc2n[nH]c(-c3cccs3)n2)c2ccccc2)c([N+](=O)[O-])c1. The zero-order valence-electron chi connectivity index (χ0n) is 16.3. The van der Waals surface area contributed by atoms with Crippen LogP contribution in [0.25, 0.3) is 10.7 Å². The van der Waals surface area contributed by atoms with Gasteiger partial charge in [-0.3, -0.25) is 20.0 Å². The van der Waals surface area contributed by atoms with Crippen LogP contribution < -0.4 is 5.32 Å². The summed E-state index contributed by atoms with van der Waals surface area (Å²) < 4.78 is 0. The van der Waals surface area contributed by atoms with Crippen molar-refractivity contribution in [2.45, 2.75) is 17.3 Å². The first-order valence-electron chi connectivity index (χ1n) is 9.25. The van der Waals surface area contributed by atoms with Crippen LogP contribution >= 0.6 is 23.1 Å². The Bertz CT molecular complexity index is 1210. The highest BCUT2D eigenvalue weighted by atomic mass is 32.2. The highest BCUT2D eigenvalue weighted by Crippen LogP contribution is 2.36. The summed E-state index contributed by atoms with van der Waals surface area (Å²) in [6.07, 6.45) is 0. The quantitative estimate of drug-likeness (QED) is 0.226. The molecule has 31 heavy (non-hydrogen) atoms. The lowest BCUT2D eigenvalue weighted by Gasteiger charge is -2.15. The molecule has 2 N–H and O–H groups in total. The van der Waals surface area contributed by atoms with Gasteiger partial charge in [0.05, 0.1) is 9.80 Å². The number of thioether (sulfide) groups is 1. The van der Waals surface area contributed by atoms with Gasteiger partial charge in [0, 0.05) is 6.07 Å². The lowest BCUT2D eigenvalue weighted by Crippen LogP contribution is -2.20. The monoisotopic (exact) mass is 451 g/mol. The number of H-pyrrole nitrogens is 1. The number of nitro benzene ring substituents is 1. The second-order valence-electron chi connectivity index (χ2n) is 6.62. The first-order chi connectivity index (χ1) is 15.0. The van der Waals surface area contributed by atoms with Gasteiger partial charge in [-0.25, -0.2) is 4.98 Å². The minimum atomic E-state index is -0.700. The van der Waals surface area contributed by atoms with E-state index in [1.807, 2.05) is 47.8 Å². The molecule has 0 saturated carbocycles. The zero-order chi connectivity index (χ0) is 21.8. The molecular weight excluding hydrogens is 434 g/mol. The number of aromatic amines is 1. The number of rotatable bonds is 7. The molecular formula is C21H17N5O3S2. The maximum Gasteiger partial charge on any atom is 0.293 e. The van der Waals surface area contributed by atoms with Crippen LogP contribution in [0.2, 0.25) is 0 Å². The third-order valence-electron chi connectivity index (χ3n) is 4.39. The molecule has 0 saturated heterocycles. The highest BCUT2D eigenvalue weighted by molar-refractivity contribution is 8.00. The van der Waals surface area contributed by atoms with Crippen LogP contribution in [-0.4, -0.2) is 26.0 Å². The molecule has 2 aromatic carbocycles. The van der Waals surface area contributed by atoms with Gasteiger partial charge in [-0.2, -0.15) is 0 Å². The fraction of sp³-hybridized carbons (Fsp3) is 0.0952. The molecule has 0 bridgehead atoms. The van der Waals surface area contributed by atoms with Gasteiger partial charge in [0.2, 0.25) is 11.1 Å². The van der Waals surface area contributed by atoms with E-state index in [0.29, 0.717) is 11.0 Å². The second kappa shape index (κ2) is 9.11. The van der Waals surface area contributed by atoms with E-state index in [2.05, 4.69) is 20.5 Å². The van der Waals surface area contributed by atoms with Crippen molar-refractivity contribution in [3.05, 3.63) is 87.3 Å². The molecule has 8 nitrogen and oxygen atoms in total. The van der Waals surface area contributed by atoms with Crippen LogP contribution in [0.5, 0.6) is 0 Å². The highest BCUT2D eigenvalue weighted by Gasteiger charge is 2.26. The van der Waals surface area contributed by atoms with Crippen molar-refractivity contribution >= 4 is 40.4 Å². The topological polar surface area (TPSA) is 114 Å². The van der Waals surface area contributed by atoms with Gasteiger partial charge in [-0.1, -0.05) is 54.2 Å². The van der Waals surface area contributed by atoms with Crippen LogP contribution in [0.1, 0.15) is 16.4 Å². The van der Waals surface area contributed by atoms with Gasteiger partial charge in [0.1, 0.15) is 10.9 Å². The van der Waals surface area contributed by atoms with Crippen LogP contribution in [0, 0.1) is 17.0 Å². The van der Waals surface area contributed by atoms with Crippen LogP contribution in [0.3, 0.4) is 0 Å². The third-order valence-corrected chi connectivity index (χ3v) is 6.38. The number of hydrogen-bond acceptors (Lipinski definition) is 7. The van der Waals surface area contributed by atoms with Gasteiger partial charge < -0.3 is 5.32 Å². The molecule has 0 aliphatic heterocycles. The number of hydrogen-bond donors (Lipinski definition) is 2. The van der Waals surface area contributed by atoms with Gasteiger partial charge in [-0.15, -0.1) is 16.4 Å². The average Bonchev–Trinajstić information content (AvgIpc) is 3.45. The summed E-state index contributed by atoms with van der Waals surface area (Å²) in [6, 6.07) is 17.7. The summed E-state index contributed by atoms with van der Waals surface area (Å²) in [4.78, 5) is 29.5. The predicted molar refractivity (Wildman–Crippen MR) is 121 cm³/mol. The normalized spacial score (nSPS) is 11.8. The van der Waals surface area contributed by atoms with E-state index in [-0.39, 0.29) is 11.4 Å². The van der Waals surface area contributed by atoms with Crippen molar-refractivity contribution in [1.82, 2.24) is 15.2 Å². The second-order valence-corrected chi connectivity index (χ2v) is 8.64. The number of benzene rings is 2. The van der Waals surface area contributed by atoms with Crippen LogP contribution in [-0.2, 0) is 4.79 Å². The number of carbonyl (C=O) groups is 1. The van der Waals surface area contributed by atoms with E-state index in [4.69, 9.17) is 0 Å². The summed E-state index contributed by atoms with van der Waals surface area (Å²) >= 11 is 2.71. The number of nitrogens with one attached hydrogen (secondary N) is 2. The van der Waals surface area contributed by atoms with Gasteiger partial charge >= 0.3 is 0 Å². The molecule has 0 spiro atoms. The lowest BCUT2D eigenvalue weighted by molar-refractivity contribution is -0.384. The van der Waals surface area contributed by atoms with E-state index < -0.39 is 16.1 Å². The summed E-state index contributed by atoms with van der Waals surface area (Å²) in [7, 11) is 0. The molecule has 0 radical (unpaired) electrons. The van der Waals surface area contributed by atoms with E-state index in [9.17, 15) is 14.9 Å². The zero-order valence-corrected chi connectivity index (χ0v) is 17.9. The Balaban J connectivity index is 1.62. The Morgan fingerprint density at radius 1 is 1.19 bits per heavy atom. The molecule has 1 unspecified atom stereocenters. The van der Waals surface area contributed by atoms with Crippen molar-refractivity contribution < 1.29 is 9.72 Å². The molecule has 10 heteroatoms. The molecule has 2 aromatic heterocycles. The fourth-order valence-electron chi connectivity index (χ4n) is 2.93. The largest absolute Gasteiger partial charge is 0.319 e. The van der Waals surface area contributed by atoms with Crippen molar-refractivity contribution in [2.24, 2.45) is 0 Å². The maximum absolute atomic E-state index is 13.2. The summed E-state index contributed by atoms with van der Waals surface area (Å²) in [5, 5.41) is 22.9. The van der Waals surface area contributed by atoms with E-state index in [1.165, 1.54) is 29.2 Å². The molecule has 4 aromatic rings. The minimum Gasteiger partial charge on any atom is -0.319 e. The van der Waals surface area contributed by atoms with Crippen molar-refractivity contribution in [1.29, 1.82) is 0 Å². The Kier molecular flexibility index (Phi) is 6.10. The standard InChI is InChI=1S/C21H17N5O3S2/c1-13-9-10-15(16(12-13)26(28)29)22-20(27)18(14-6-3-2-4-7-14)31-21-23-19(24-25-21)17-8-5-11-30-17/h2-12,18H,1H3,(H,22,27)(H,23,24,25). The van der Waals surface area contributed by atoms with Crippen molar-refractivity contribution in [3.63, 3.8) is 0 Å². The molecule has 4 rings (SSSR count). The van der Waals surface area contributed by atoms with Crippen LogP contribution in [0.15, 0.2) is 71.2 Å². The van der Waals surface area contributed by atoms with Gasteiger partial charge in [0.15, 0.2) is 5.82 Å². The maximum atomic E-state index is 13.2. The number of carbonyl (C=O) groups excluding carboxylic acids is 1. The van der Waals surface area contributed by atoms with Gasteiger partial charge in [-0.05, 0) is 35.6 Å². The Morgan fingerprint density at radius 2 is 2.00 bits per heavy atom. The molecule has 0 aliphatic rings. The summed E-state index contributed by atoms with van der Waals surface area (Å²) in [5.41, 5.74) is 1.47. The smallest absolute Gasteiger partial charge is 0.293 e. The van der Waals surface area contributed by atoms with E-state index >= 15 is 0 Å². The van der Waals surface area contributed by atoms with Crippen molar-refractivity contribution in [3.8, 4) is 10.7 Å². The Labute approximate surface area is 185 Å². The first-order valence-corrected chi connectivity index (χ1v) is 11.0. The summed E-state index contributed by atoms with van der Waals surface area (Å²) in [5.74, 6) is 0.226. The predicted octanol–water partition coefficient (Wildman–Crippen LogP) is 5.22. The summed E-state index contributed by atoms with van der Waals surface area (Å²) in [6.45, 7) is 1.76. The van der Waals surface area contributed by atoms with E-state index in [1.54, 1.807) is 19.1 Å². The Hall–Kier alpha value is -3.50. The Morgan fingerprint density at radius 3 is 2.71 bits per heavy atom. The molecule has 2 heterocycles. The molecule has 1 atom stereocenters. The van der Waals surface area contributed by atoms with Crippen molar-refractivity contribution in [2.75, 3.05) is 5.32 Å². The van der Waals surface area contributed by atoms with Gasteiger partial charge in [0.25, 0.3) is 5.69 Å². The number of amides is 1. The van der Waals surface area contributed by atoms with Crippen LogP contribution in [0.4, 0.5) is 11.4 Å². The molecule has 1 amide bonds. The lowest BCUT2D eigenvalue weighted by atomic mass is 10.1.